The minimum absolute atomic E-state index is 0.0513. The third-order valence-corrected chi connectivity index (χ3v) is 9.31. The van der Waals surface area contributed by atoms with E-state index in [1.807, 2.05) is 18.2 Å². The lowest BCUT2D eigenvalue weighted by Crippen LogP contribution is -2.19. The molecule has 3 aromatic rings. The zero-order valence-electron chi connectivity index (χ0n) is 23.7. The van der Waals surface area contributed by atoms with Crippen molar-refractivity contribution in [1.29, 1.82) is 0 Å². The lowest BCUT2D eigenvalue weighted by atomic mass is 9.89. The Kier molecular flexibility index (Phi) is 9.51. The van der Waals surface area contributed by atoms with E-state index >= 15 is 0 Å². The van der Waals surface area contributed by atoms with Gasteiger partial charge in [0, 0.05) is 17.9 Å². The van der Waals surface area contributed by atoms with E-state index in [9.17, 15) is 17.6 Å². The summed E-state index contributed by atoms with van der Waals surface area (Å²) >= 11 is 0. The molecule has 0 aromatic heterocycles. The molecule has 0 bridgehead atoms. The van der Waals surface area contributed by atoms with Crippen molar-refractivity contribution in [2.75, 3.05) is 30.5 Å². The Hall–Kier alpha value is -3.39. The van der Waals surface area contributed by atoms with Crippen LogP contribution in [0.4, 0.5) is 10.1 Å². The van der Waals surface area contributed by atoms with Gasteiger partial charge in [0.1, 0.15) is 21.4 Å². The molecule has 0 aliphatic carbocycles. The van der Waals surface area contributed by atoms with Gasteiger partial charge in [-0.1, -0.05) is 31.2 Å². The van der Waals surface area contributed by atoms with Gasteiger partial charge in [-0.15, -0.1) is 0 Å². The Bertz CT molecular complexity index is 1460. The first-order chi connectivity index (χ1) is 19.1. The van der Waals surface area contributed by atoms with E-state index in [-0.39, 0.29) is 35.8 Å². The number of benzene rings is 3. The highest BCUT2D eigenvalue weighted by Gasteiger charge is 2.22. The van der Waals surface area contributed by atoms with Crippen molar-refractivity contribution in [1.82, 2.24) is 0 Å². The average Bonchev–Trinajstić information content (AvgIpc) is 2.93. The molecule has 1 N–H and O–H groups in total. The standard InChI is InChI=1S/C32H38FNO5S/c1-5-40(36,37)15-7-14-39-27-16-21(2)32(22(3)17-27)26-9-6-8-24(19-26)29-12-10-25-18-23(11-13-31(35)38-4)28(33)20-30(25)34-29/h6,8-9,16-20,29,34H,5,7,10-15H2,1-4H3. The zero-order chi connectivity index (χ0) is 28.9. The van der Waals surface area contributed by atoms with Crippen molar-refractivity contribution < 1.29 is 27.1 Å². The van der Waals surface area contributed by atoms with Crippen molar-refractivity contribution in [3.8, 4) is 16.9 Å². The first kappa shape index (κ1) is 29.6. The van der Waals surface area contributed by atoms with Crippen LogP contribution in [0.3, 0.4) is 0 Å². The number of halogens is 1. The average molecular weight is 568 g/mol. The lowest BCUT2D eigenvalue weighted by molar-refractivity contribution is -0.140. The summed E-state index contributed by atoms with van der Waals surface area (Å²) in [5.41, 5.74) is 7.93. The molecule has 4 rings (SSSR count). The molecule has 1 atom stereocenters. The number of carbonyl (C=O) groups is 1. The Labute approximate surface area is 236 Å². The summed E-state index contributed by atoms with van der Waals surface area (Å²) in [6.45, 7) is 6.12. The molecule has 1 aliphatic heterocycles. The van der Waals surface area contributed by atoms with Crippen LogP contribution in [0.15, 0.2) is 48.5 Å². The molecule has 1 unspecified atom stereocenters. The predicted octanol–water partition coefficient (Wildman–Crippen LogP) is 6.52. The van der Waals surface area contributed by atoms with Crippen LogP contribution in [-0.2, 0) is 32.2 Å². The van der Waals surface area contributed by atoms with Crippen LogP contribution >= 0.6 is 0 Å². The number of ether oxygens (including phenoxy) is 2. The number of rotatable bonds is 11. The van der Waals surface area contributed by atoms with Gasteiger partial charge in [0.15, 0.2) is 0 Å². The quantitative estimate of drug-likeness (QED) is 0.210. The fourth-order valence-corrected chi connectivity index (χ4v) is 6.18. The van der Waals surface area contributed by atoms with Crippen molar-refractivity contribution >= 4 is 21.5 Å². The summed E-state index contributed by atoms with van der Waals surface area (Å²) < 4.78 is 48.8. The van der Waals surface area contributed by atoms with Crippen molar-refractivity contribution in [2.45, 2.75) is 58.9 Å². The molecule has 1 heterocycles. The molecule has 40 heavy (non-hydrogen) atoms. The summed E-state index contributed by atoms with van der Waals surface area (Å²) in [4.78, 5) is 11.5. The van der Waals surface area contributed by atoms with E-state index in [1.54, 1.807) is 13.0 Å². The van der Waals surface area contributed by atoms with Gasteiger partial charge in [0.2, 0.25) is 0 Å². The number of anilines is 1. The molecule has 3 aromatic carbocycles. The molecular weight excluding hydrogens is 529 g/mol. The smallest absolute Gasteiger partial charge is 0.305 e. The highest BCUT2D eigenvalue weighted by Crippen LogP contribution is 2.37. The van der Waals surface area contributed by atoms with Gasteiger partial charge in [0.05, 0.1) is 25.5 Å². The first-order valence-corrected chi connectivity index (χ1v) is 15.6. The van der Waals surface area contributed by atoms with E-state index in [0.29, 0.717) is 25.0 Å². The zero-order valence-corrected chi connectivity index (χ0v) is 24.5. The molecule has 0 radical (unpaired) electrons. The van der Waals surface area contributed by atoms with Gasteiger partial charge in [-0.05, 0) is 103 Å². The van der Waals surface area contributed by atoms with Gasteiger partial charge < -0.3 is 14.8 Å². The van der Waals surface area contributed by atoms with Gasteiger partial charge in [0.25, 0.3) is 0 Å². The largest absolute Gasteiger partial charge is 0.494 e. The molecule has 214 valence electrons. The maximum atomic E-state index is 14.8. The van der Waals surface area contributed by atoms with Gasteiger partial charge in [-0.25, -0.2) is 12.8 Å². The highest BCUT2D eigenvalue weighted by atomic mass is 32.2. The number of hydrogen-bond donors (Lipinski definition) is 1. The van der Waals surface area contributed by atoms with Gasteiger partial charge >= 0.3 is 5.97 Å². The normalized spacial score (nSPS) is 14.8. The molecule has 0 saturated heterocycles. The maximum absolute atomic E-state index is 14.8. The van der Waals surface area contributed by atoms with Crippen LogP contribution in [0.1, 0.15) is 60.0 Å². The number of fused-ring (bicyclic) bond motifs is 1. The minimum atomic E-state index is -2.99. The summed E-state index contributed by atoms with van der Waals surface area (Å²) in [6, 6.07) is 15.9. The Morgan fingerprint density at radius 3 is 2.55 bits per heavy atom. The van der Waals surface area contributed by atoms with Crippen LogP contribution in [0.25, 0.3) is 11.1 Å². The summed E-state index contributed by atoms with van der Waals surface area (Å²) in [5, 5.41) is 3.52. The van der Waals surface area contributed by atoms with E-state index in [0.717, 1.165) is 57.7 Å². The monoisotopic (exact) mass is 567 g/mol. The third-order valence-electron chi connectivity index (χ3n) is 7.52. The van der Waals surface area contributed by atoms with Crippen LogP contribution in [0.5, 0.6) is 5.75 Å². The number of carbonyl (C=O) groups excluding carboxylic acids is 1. The first-order valence-electron chi connectivity index (χ1n) is 13.8. The fraction of sp³-hybridized carbons (Fsp3) is 0.406. The second-order valence-electron chi connectivity index (χ2n) is 10.4. The summed E-state index contributed by atoms with van der Waals surface area (Å²) in [5.74, 6) is 0.364. The van der Waals surface area contributed by atoms with Crippen molar-refractivity contribution in [3.05, 3.63) is 82.2 Å². The highest BCUT2D eigenvalue weighted by molar-refractivity contribution is 7.91. The Morgan fingerprint density at radius 2 is 1.85 bits per heavy atom. The number of methoxy groups -OCH3 is 1. The molecule has 1 aliphatic rings. The third kappa shape index (κ3) is 7.22. The molecule has 0 saturated carbocycles. The number of sulfone groups is 1. The van der Waals surface area contributed by atoms with E-state index in [2.05, 4.69) is 48.2 Å². The van der Waals surface area contributed by atoms with Crippen LogP contribution < -0.4 is 10.1 Å². The van der Waals surface area contributed by atoms with Crippen LogP contribution in [0, 0.1) is 19.7 Å². The maximum Gasteiger partial charge on any atom is 0.305 e. The second-order valence-corrected chi connectivity index (χ2v) is 12.9. The number of nitrogens with one attached hydrogen (secondary N) is 1. The Morgan fingerprint density at radius 1 is 1.10 bits per heavy atom. The minimum Gasteiger partial charge on any atom is -0.494 e. The fourth-order valence-electron chi connectivity index (χ4n) is 5.34. The molecular formula is C32H38FNO5S. The van der Waals surface area contributed by atoms with Crippen LogP contribution in [-0.4, -0.2) is 39.6 Å². The SMILES string of the molecule is CCS(=O)(=O)CCCOc1cc(C)c(-c2cccc(C3CCc4cc(CCC(=O)OC)c(F)cc4N3)c2)c(C)c1. The van der Waals surface area contributed by atoms with E-state index < -0.39 is 9.84 Å². The number of hydrogen-bond acceptors (Lipinski definition) is 6. The van der Waals surface area contributed by atoms with Crippen molar-refractivity contribution in [3.63, 3.8) is 0 Å². The summed E-state index contributed by atoms with van der Waals surface area (Å²) in [7, 11) is -1.65. The number of aryl methyl sites for hydroxylation is 4. The summed E-state index contributed by atoms with van der Waals surface area (Å²) in [6.07, 6.45) is 2.63. The van der Waals surface area contributed by atoms with Gasteiger partial charge in [-0.3, -0.25) is 4.79 Å². The van der Waals surface area contributed by atoms with E-state index in [4.69, 9.17) is 4.74 Å². The van der Waals surface area contributed by atoms with Crippen LogP contribution in [0.2, 0.25) is 0 Å². The molecule has 6 nitrogen and oxygen atoms in total. The molecule has 0 spiro atoms. The lowest BCUT2D eigenvalue weighted by Gasteiger charge is -2.28. The Balaban J connectivity index is 1.47. The van der Waals surface area contributed by atoms with Gasteiger partial charge in [-0.2, -0.15) is 0 Å². The number of esters is 1. The second kappa shape index (κ2) is 12.9. The predicted molar refractivity (Wildman–Crippen MR) is 157 cm³/mol. The topological polar surface area (TPSA) is 81.7 Å². The molecule has 0 amide bonds. The molecule has 8 heteroatoms. The van der Waals surface area contributed by atoms with Crippen molar-refractivity contribution in [2.24, 2.45) is 0 Å². The molecule has 0 fully saturated rings. The van der Waals surface area contributed by atoms with E-state index in [1.165, 1.54) is 7.11 Å².